The Labute approximate surface area is 126 Å². The number of carboxylic acids is 1. The summed E-state index contributed by atoms with van der Waals surface area (Å²) < 4.78 is 0. The van der Waals surface area contributed by atoms with Crippen LogP contribution in [0.2, 0.25) is 0 Å². The predicted molar refractivity (Wildman–Crippen MR) is 82.0 cm³/mol. The summed E-state index contributed by atoms with van der Waals surface area (Å²) in [6.07, 6.45) is 2.59. The van der Waals surface area contributed by atoms with Crippen LogP contribution in [-0.4, -0.2) is 28.4 Å². The third-order valence-electron chi connectivity index (χ3n) is 2.80. The van der Waals surface area contributed by atoms with Gasteiger partial charge >= 0.3 is 5.97 Å². The van der Waals surface area contributed by atoms with Crippen LogP contribution in [0.15, 0.2) is 24.3 Å². The van der Waals surface area contributed by atoms with Crippen LogP contribution in [-0.2, 0) is 16.0 Å². The van der Waals surface area contributed by atoms with E-state index in [1.807, 2.05) is 0 Å². The highest BCUT2D eigenvalue weighted by molar-refractivity contribution is 9.09. The minimum Gasteiger partial charge on any atom is -0.480 e. The Bertz CT molecular complexity index is 448. The minimum absolute atomic E-state index is 0.0130. The van der Waals surface area contributed by atoms with Crippen LogP contribution in [0.3, 0.4) is 0 Å². The molecule has 0 saturated heterocycles. The van der Waals surface area contributed by atoms with Crippen molar-refractivity contribution in [2.45, 2.75) is 31.7 Å². The molecule has 0 fully saturated rings. The van der Waals surface area contributed by atoms with Crippen molar-refractivity contribution in [3.8, 4) is 0 Å². The van der Waals surface area contributed by atoms with Gasteiger partial charge in [-0.2, -0.15) is 0 Å². The molecule has 5 nitrogen and oxygen atoms in total. The van der Waals surface area contributed by atoms with Crippen molar-refractivity contribution >= 4 is 33.5 Å². The van der Waals surface area contributed by atoms with E-state index in [4.69, 9.17) is 10.8 Å². The highest BCUT2D eigenvalue weighted by Gasteiger charge is 2.11. The maximum absolute atomic E-state index is 11.6. The third-order valence-corrected chi connectivity index (χ3v) is 3.36. The maximum Gasteiger partial charge on any atom is 0.320 e. The number of halogens is 1. The molecule has 1 amide bonds. The van der Waals surface area contributed by atoms with E-state index in [2.05, 4.69) is 21.2 Å². The molecule has 1 atom stereocenters. The van der Waals surface area contributed by atoms with Crippen LogP contribution in [0.4, 0.5) is 5.69 Å². The van der Waals surface area contributed by atoms with E-state index in [0.29, 0.717) is 12.1 Å². The smallest absolute Gasteiger partial charge is 0.320 e. The average molecular weight is 343 g/mol. The molecule has 0 heterocycles. The quantitative estimate of drug-likeness (QED) is 0.498. The second kappa shape index (κ2) is 8.71. The molecule has 0 aliphatic rings. The lowest BCUT2D eigenvalue weighted by Crippen LogP contribution is -2.32. The molecule has 0 bridgehead atoms. The monoisotopic (exact) mass is 342 g/mol. The summed E-state index contributed by atoms with van der Waals surface area (Å²) in [5, 5.41) is 12.4. The molecule has 0 aromatic heterocycles. The number of hydrogen-bond donors (Lipinski definition) is 3. The number of benzene rings is 1. The van der Waals surface area contributed by atoms with E-state index in [1.54, 1.807) is 24.3 Å². The van der Waals surface area contributed by atoms with Crippen molar-refractivity contribution in [3.63, 3.8) is 0 Å². The molecule has 6 heteroatoms. The number of rotatable bonds is 8. The van der Waals surface area contributed by atoms with Gasteiger partial charge in [-0.05, 0) is 37.0 Å². The molecule has 4 N–H and O–H groups in total. The number of carbonyl (C=O) groups is 2. The van der Waals surface area contributed by atoms with Crippen molar-refractivity contribution in [3.05, 3.63) is 29.8 Å². The number of alkyl halides is 1. The number of carbonyl (C=O) groups excluding carboxylic acids is 1. The van der Waals surface area contributed by atoms with Crippen molar-refractivity contribution in [1.82, 2.24) is 0 Å². The molecule has 0 aliphatic heterocycles. The fourth-order valence-electron chi connectivity index (χ4n) is 1.67. The van der Waals surface area contributed by atoms with Crippen LogP contribution < -0.4 is 11.1 Å². The van der Waals surface area contributed by atoms with Gasteiger partial charge in [0.2, 0.25) is 5.91 Å². The molecule has 0 saturated carbocycles. The van der Waals surface area contributed by atoms with E-state index in [0.717, 1.165) is 23.7 Å². The van der Waals surface area contributed by atoms with Crippen molar-refractivity contribution in [1.29, 1.82) is 0 Å². The first-order valence-corrected chi connectivity index (χ1v) is 7.58. The number of nitrogens with two attached hydrogens (primary N) is 1. The van der Waals surface area contributed by atoms with Gasteiger partial charge in [0.25, 0.3) is 0 Å². The van der Waals surface area contributed by atoms with E-state index >= 15 is 0 Å². The predicted octanol–water partition coefficient (Wildman–Crippen LogP) is 2.14. The number of amides is 1. The van der Waals surface area contributed by atoms with Crippen molar-refractivity contribution in [2.75, 3.05) is 10.6 Å². The van der Waals surface area contributed by atoms with Gasteiger partial charge in [-0.3, -0.25) is 9.59 Å². The molecule has 1 unspecified atom stereocenters. The molecule has 1 rings (SSSR count). The zero-order chi connectivity index (χ0) is 15.0. The van der Waals surface area contributed by atoms with Gasteiger partial charge in [-0.1, -0.05) is 28.1 Å². The Kier molecular flexibility index (Phi) is 7.25. The Morgan fingerprint density at radius 3 is 2.45 bits per heavy atom. The highest BCUT2D eigenvalue weighted by Crippen LogP contribution is 2.12. The van der Waals surface area contributed by atoms with Gasteiger partial charge in [0.05, 0.1) is 0 Å². The van der Waals surface area contributed by atoms with Gasteiger partial charge in [0, 0.05) is 17.4 Å². The lowest BCUT2D eigenvalue weighted by atomic mass is 10.1. The van der Waals surface area contributed by atoms with E-state index in [9.17, 15) is 9.59 Å². The largest absolute Gasteiger partial charge is 0.480 e. The summed E-state index contributed by atoms with van der Waals surface area (Å²) in [6, 6.07) is 6.16. The maximum atomic E-state index is 11.6. The van der Waals surface area contributed by atoms with Crippen LogP contribution in [0, 0.1) is 0 Å². The second-order valence-corrected chi connectivity index (χ2v) is 5.33. The average Bonchev–Trinajstić information content (AvgIpc) is 2.41. The third kappa shape index (κ3) is 6.16. The van der Waals surface area contributed by atoms with Crippen LogP contribution in [0.25, 0.3) is 0 Å². The normalized spacial score (nSPS) is 11.9. The fourth-order valence-corrected chi connectivity index (χ4v) is 2.07. The van der Waals surface area contributed by atoms with Gasteiger partial charge in [0.15, 0.2) is 0 Å². The Balaban J connectivity index is 2.46. The summed E-state index contributed by atoms with van der Waals surface area (Å²) in [5.41, 5.74) is 7.00. The second-order valence-electron chi connectivity index (χ2n) is 4.54. The van der Waals surface area contributed by atoms with Gasteiger partial charge < -0.3 is 16.2 Å². The first kappa shape index (κ1) is 16.7. The lowest BCUT2D eigenvalue weighted by molar-refractivity contribution is -0.138. The molecular weight excluding hydrogens is 324 g/mol. The fraction of sp³-hybridized carbons (Fsp3) is 0.429. The topological polar surface area (TPSA) is 92.4 Å². The summed E-state index contributed by atoms with van der Waals surface area (Å²) in [7, 11) is 0. The van der Waals surface area contributed by atoms with Crippen LogP contribution >= 0.6 is 15.9 Å². The molecule has 110 valence electrons. The van der Waals surface area contributed by atoms with Crippen molar-refractivity contribution < 1.29 is 14.7 Å². The van der Waals surface area contributed by atoms with E-state index < -0.39 is 12.0 Å². The first-order valence-electron chi connectivity index (χ1n) is 6.46. The van der Waals surface area contributed by atoms with E-state index in [-0.39, 0.29) is 12.3 Å². The molecule has 20 heavy (non-hydrogen) atoms. The Morgan fingerprint density at radius 2 is 1.90 bits per heavy atom. The molecule has 0 spiro atoms. The number of anilines is 1. The Morgan fingerprint density at radius 1 is 1.25 bits per heavy atom. The number of carboxylic acid groups (broad SMARTS) is 1. The number of hydrogen-bond acceptors (Lipinski definition) is 3. The number of aliphatic carboxylic acids is 1. The molecular formula is C14H19BrN2O3. The lowest BCUT2D eigenvalue weighted by Gasteiger charge is -2.08. The SMILES string of the molecule is NC(Cc1ccc(NC(=O)CCCCBr)cc1)C(=O)O. The standard InChI is InChI=1S/C14H19BrN2O3/c15-8-2-1-3-13(18)17-11-6-4-10(5-7-11)9-12(16)14(19)20/h4-7,12H,1-3,8-9,16H2,(H,17,18)(H,19,20). The molecule has 1 aromatic carbocycles. The van der Waals surface area contributed by atoms with Gasteiger partial charge in [-0.25, -0.2) is 0 Å². The molecule has 0 aliphatic carbocycles. The van der Waals surface area contributed by atoms with Gasteiger partial charge in [0.1, 0.15) is 6.04 Å². The highest BCUT2D eigenvalue weighted by atomic mass is 79.9. The molecule has 0 radical (unpaired) electrons. The van der Waals surface area contributed by atoms with Crippen LogP contribution in [0.1, 0.15) is 24.8 Å². The van der Waals surface area contributed by atoms with Crippen LogP contribution in [0.5, 0.6) is 0 Å². The molecule has 1 aromatic rings. The summed E-state index contributed by atoms with van der Waals surface area (Å²) in [6.45, 7) is 0. The minimum atomic E-state index is -1.02. The number of nitrogens with one attached hydrogen (secondary N) is 1. The summed E-state index contributed by atoms with van der Waals surface area (Å²) in [4.78, 5) is 22.3. The Hall–Kier alpha value is -1.40. The zero-order valence-electron chi connectivity index (χ0n) is 11.1. The summed E-state index contributed by atoms with van der Waals surface area (Å²) in [5.74, 6) is -1.03. The van der Waals surface area contributed by atoms with E-state index in [1.165, 1.54) is 0 Å². The zero-order valence-corrected chi connectivity index (χ0v) is 12.7. The number of unbranched alkanes of at least 4 members (excludes halogenated alkanes) is 1. The summed E-state index contributed by atoms with van der Waals surface area (Å²) >= 11 is 3.32. The van der Waals surface area contributed by atoms with Crippen molar-refractivity contribution in [2.24, 2.45) is 5.73 Å². The first-order chi connectivity index (χ1) is 9.52. The van der Waals surface area contributed by atoms with Gasteiger partial charge in [-0.15, -0.1) is 0 Å².